The number of anilines is 1. The van der Waals surface area contributed by atoms with Crippen molar-refractivity contribution < 1.29 is 19.1 Å². The first kappa shape index (κ1) is 18.7. The maximum atomic E-state index is 12.2. The number of methoxy groups -OCH3 is 2. The number of carbonyl (C=O) groups excluding carboxylic acids is 2. The number of amides is 1. The zero-order valence-electron chi connectivity index (χ0n) is 14.1. The van der Waals surface area contributed by atoms with Crippen LogP contribution in [-0.4, -0.2) is 26.1 Å². The molecule has 2 aromatic carbocycles. The van der Waals surface area contributed by atoms with Gasteiger partial charge in [0.05, 0.1) is 19.8 Å². The Hall–Kier alpha value is -2.60. The summed E-state index contributed by atoms with van der Waals surface area (Å²) < 4.78 is 10.8. The van der Waals surface area contributed by atoms with E-state index < -0.39 is 5.97 Å². The first-order valence-electron chi connectivity index (χ1n) is 7.46. The van der Waals surface area contributed by atoms with Crippen molar-refractivity contribution >= 4 is 39.6 Å². The molecule has 0 aliphatic heterocycles. The number of rotatable bonds is 5. The lowest BCUT2D eigenvalue weighted by molar-refractivity contribution is -0.111. The molecule has 2 aromatic rings. The normalized spacial score (nSPS) is 10.6. The predicted octanol–water partition coefficient (Wildman–Crippen LogP) is 4.20. The third-order valence-electron chi connectivity index (χ3n) is 3.51. The van der Waals surface area contributed by atoms with E-state index in [-0.39, 0.29) is 5.91 Å². The molecule has 0 radical (unpaired) electrons. The molecule has 0 fully saturated rings. The number of aryl methyl sites for hydroxylation is 1. The fraction of sp³-hybridized carbons (Fsp3) is 0.158. The minimum Gasteiger partial charge on any atom is -0.496 e. The molecule has 0 heterocycles. The van der Waals surface area contributed by atoms with Crippen LogP contribution in [0.5, 0.6) is 5.75 Å². The topological polar surface area (TPSA) is 64.6 Å². The molecule has 0 aliphatic carbocycles. The van der Waals surface area contributed by atoms with Gasteiger partial charge < -0.3 is 14.8 Å². The van der Waals surface area contributed by atoms with Gasteiger partial charge in [-0.15, -0.1) is 0 Å². The van der Waals surface area contributed by atoms with Crippen LogP contribution in [0.2, 0.25) is 0 Å². The van der Waals surface area contributed by atoms with E-state index in [0.717, 1.165) is 15.6 Å². The number of hydrogen-bond donors (Lipinski definition) is 1. The third kappa shape index (κ3) is 4.93. The molecule has 0 spiro atoms. The lowest BCUT2D eigenvalue weighted by Gasteiger charge is -2.08. The van der Waals surface area contributed by atoms with E-state index in [1.807, 2.05) is 25.1 Å². The minimum absolute atomic E-state index is 0.282. The minimum atomic E-state index is -0.414. The van der Waals surface area contributed by atoms with Crippen LogP contribution in [0, 0.1) is 6.92 Å². The van der Waals surface area contributed by atoms with Gasteiger partial charge in [-0.3, -0.25) is 4.79 Å². The lowest BCUT2D eigenvalue weighted by Crippen LogP contribution is -2.10. The quantitative estimate of drug-likeness (QED) is 0.599. The van der Waals surface area contributed by atoms with Gasteiger partial charge in [-0.05, 0) is 55.0 Å². The van der Waals surface area contributed by atoms with E-state index in [2.05, 4.69) is 26.0 Å². The Morgan fingerprint density at radius 2 is 1.88 bits per heavy atom. The van der Waals surface area contributed by atoms with Crippen LogP contribution in [0.3, 0.4) is 0 Å². The van der Waals surface area contributed by atoms with Crippen LogP contribution in [0.4, 0.5) is 5.69 Å². The summed E-state index contributed by atoms with van der Waals surface area (Å²) in [6, 6.07) is 10.5. The zero-order valence-corrected chi connectivity index (χ0v) is 15.7. The largest absolute Gasteiger partial charge is 0.496 e. The van der Waals surface area contributed by atoms with Gasteiger partial charge in [-0.1, -0.05) is 15.9 Å². The van der Waals surface area contributed by atoms with Gasteiger partial charge in [0.2, 0.25) is 5.91 Å². The van der Waals surface area contributed by atoms with Crippen LogP contribution in [-0.2, 0) is 9.53 Å². The number of ether oxygens (including phenoxy) is 2. The SMILES string of the molecule is COC(=O)c1ccc(NC(=O)/C=C/c2cc(Br)ccc2OC)c(C)c1. The summed E-state index contributed by atoms with van der Waals surface area (Å²) in [5.74, 6) is -0.0237. The van der Waals surface area contributed by atoms with E-state index in [4.69, 9.17) is 4.74 Å². The van der Waals surface area contributed by atoms with Crippen molar-refractivity contribution in [3.05, 3.63) is 63.6 Å². The number of hydrogen-bond acceptors (Lipinski definition) is 4. The Labute approximate surface area is 154 Å². The van der Waals surface area contributed by atoms with E-state index in [1.54, 1.807) is 31.4 Å². The lowest BCUT2D eigenvalue weighted by atomic mass is 10.1. The Balaban J connectivity index is 2.13. The summed E-state index contributed by atoms with van der Waals surface area (Å²) in [5.41, 5.74) is 2.62. The zero-order chi connectivity index (χ0) is 18.4. The monoisotopic (exact) mass is 403 g/mol. The highest BCUT2D eigenvalue weighted by molar-refractivity contribution is 9.10. The highest BCUT2D eigenvalue weighted by atomic mass is 79.9. The fourth-order valence-electron chi connectivity index (χ4n) is 2.22. The van der Waals surface area contributed by atoms with Crippen LogP contribution in [0.15, 0.2) is 46.9 Å². The van der Waals surface area contributed by atoms with Crippen molar-refractivity contribution in [1.29, 1.82) is 0 Å². The molecule has 1 amide bonds. The maximum absolute atomic E-state index is 12.2. The van der Waals surface area contributed by atoms with Crippen LogP contribution >= 0.6 is 15.9 Å². The first-order valence-corrected chi connectivity index (χ1v) is 8.25. The van der Waals surface area contributed by atoms with Crippen molar-refractivity contribution in [2.75, 3.05) is 19.5 Å². The van der Waals surface area contributed by atoms with Crippen LogP contribution in [0.25, 0.3) is 6.08 Å². The highest BCUT2D eigenvalue weighted by Gasteiger charge is 2.09. The molecule has 1 N–H and O–H groups in total. The van der Waals surface area contributed by atoms with Crippen molar-refractivity contribution in [1.82, 2.24) is 0 Å². The smallest absolute Gasteiger partial charge is 0.337 e. The number of nitrogens with one attached hydrogen (secondary N) is 1. The van der Waals surface area contributed by atoms with Gasteiger partial charge in [0.15, 0.2) is 0 Å². The van der Waals surface area contributed by atoms with Gasteiger partial charge in [0, 0.05) is 21.8 Å². The standard InChI is InChI=1S/C19H18BrNO4/c1-12-10-14(19(23)25-3)4-7-16(12)21-18(22)9-5-13-11-15(20)6-8-17(13)24-2/h4-11H,1-3H3,(H,21,22)/b9-5+. The summed E-state index contributed by atoms with van der Waals surface area (Å²) in [6.45, 7) is 1.81. The van der Waals surface area contributed by atoms with E-state index in [1.165, 1.54) is 13.2 Å². The molecule has 0 bridgehead atoms. The number of halogens is 1. The molecular weight excluding hydrogens is 386 g/mol. The molecule has 0 aromatic heterocycles. The average Bonchev–Trinajstić information content (AvgIpc) is 2.61. The van der Waals surface area contributed by atoms with Gasteiger partial charge in [-0.25, -0.2) is 4.79 Å². The molecule has 0 atom stereocenters. The molecule has 130 valence electrons. The molecule has 5 nitrogen and oxygen atoms in total. The van der Waals surface area contributed by atoms with Crippen molar-refractivity contribution in [3.8, 4) is 5.75 Å². The second-order valence-electron chi connectivity index (χ2n) is 5.23. The summed E-state index contributed by atoms with van der Waals surface area (Å²) in [6.07, 6.45) is 3.11. The van der Waals surface area contributed by atoms with Gasteiger partial charge >= 0.3 is 5.97 Å². The van der Waals surface area contributed by atoms with Crippen LogP contribution in [0.1, 0.15) is 21.5 Å². The second kappa shape index (κ2) is 8.48. The predicted molar refractivity (Wildman–Crippen MR) is 101 cm³/mol. The van der Waals surface area contributed by atoms with Gasteiger partial charge in [-0.2, -0.15) is 0 Å². The number of benzene rings is 2. The third-order valence-corrected chi connectivity index (χ3v) is 4.00. The van der Waals surface area contributed by atoms with Crippen molar-refractivity contribution in [3.63, 3.8) is 0 Å². The molecule has 2 rings (SSSR count). The maximum Gasteiger partial charge on any atom is 0.337 e. The summed E-state index contributed by atoms with van der Waals surface area (Å²) in [7, 11) is 2.90. The summed E-state index contributed by atoms with van der Waals surface area (Å²) in [5, 5.41) is 2.79. The molecule has 0 saturated carbocycles. The number of esters is 1. The Morgan fingerprint density at radius 3 is 2.52 bits per heavy atom. The second-order valence-corrected chi connectivity index (χ2v) is 6.15. The fourth-order valence-corrected chi connectivity index (χ4v) is 2.60. The van der Waals surface area contributed by atoms with E-state index in [0.29, 0.717) is 17.0 Å². The summed E-state index contributed by atoms with van der Waals surface area (Å²) in [4.78, 5) is 23.7. The number of carbonyl (C=O) groups is 2. The van der Waals surface area contributed by atoms with E-state index in [9.17, 15) is 9.59 Å². The molecule has 0 saturated heterocycles. The highest BCUT2D eigenvalue weighted by Crippen LogP contribution is 2.24. The molecular formula is C19H18BrNO4. The van der Waals surface area contributed by atoms with Gasteiger partial charge in [0.1, 0.15) is 5.75 Å². The average molecular weight is 404 g/mol. The summed E-state index contributed by atoms with van der Waals surface area (Å²) >= 11 is 3.39. The van der Waals surface area contributed by atoms with E-state index >= 15 is 0 Å². The van der Waals surface area contributed by atoms with Crippen molar-refractivity contribution in [2.45, 2.75) is 6.92 Å². The molecule has 6 heteroatoms. The Kier molecular flexibility index (Phi) is 6.36. The molecule has 25 heavy (non-hydrogen) atoms. The Bertz CT molecular complexity index is 830. The van der Waals surface area contributed by atoms with Crippen molar-refractivity contribution in [2.24, 2.45) is 0 Å². The first-order chi connectivity index (χ1) is 11.9. The Morgan fingerprint density at radius 1 is 1.12 bits per heavy atom. The van der Waals surface area contributed by atoms with Gasteiger partial charge in [0.25, 0.3) is 0 Å². The molecule has 0 aliphatic rings. The van der Waals surface area contributed by atoms with Crippen LogP contribution < -0.4 is 10.1 Å². The molecule has 0 unspecified atom stereocenters.